The number of rotatable bonds is 8. The van der Waals surface area contributed by atoms with Gasteiger partial charge in [-0.25, -0.2) is 4.79 Å². The van der Waals surface area contributed by atoms with Gasteiger partial charge in [-0.15, -0.1) is 0 Å². The van der Waals surface area contributed by atoms with E-state index in [4.69, 9.17) is 4.74 Å². The van der Waals surface area contributed by atoms with Crippen LogP contribution in [0.25, 0.3) is 0 Å². The number of urea groups is 1. The van der Waals surface area contributed by atoms with E-state index in [-0.39, 0.29) is 5.91 Å². The Morgan fingerprint density at radius 2 is 1.72 bits per heavy atom. The molecule has 0 spiro atoms. The minimum Gasteiger partial charge on any atom is -0.494 e. The van der Waals surface area contributed by atoms with Crippen LogP contribution in [0.1, 0.15) is 22.8 Å². The van der Waals surface area contributed by atoms with Gasteiger partial charge in [-0.3, -0.25) is 9.78 Å². The molecule has 3 rings (SSSR count). The molecule has 1 aromatic heterocycles. The second kappa shape index (κ2) is 10.8. The quantitative estimate of drug-likeness (QED) is 0.497. The van der Waals surface area contributed by atoms with Crippen LogP contribution >= 0.6 is 0 Å². The molecule has 1 heterocycles. The molecule has 2 aromatic carbocycles. The highest BCUT2D eigenvalue weighted by molar-refractivity contribution is 6.03. The van der Waals surface area contributed by atoms with Crippen molar-refractivity contribution in [2.24, 2.45) is 0 Å². The Hall–Kier alpha value is -4.07. The first-order valence-corrected chi connectivity index (χ1v) is 10.3. The Morgan fingerprint density at radius 3 is 2.38 bits per heavy atom. The second-order valence-corrected chi connectivity index (χ2v) is 7.21. The summed E-state index contributed by atoms with van der Waals surface area (Å²) < 4.78 is 5.40. The third-order valence-corrected chi connectivity index (χ3v) is 4.58. The van der Waals surface area contributed by atoms with Crippen molar-refractivity contribution in [3.8, 4) is 5.75 Å². The number of anilines is 3. The topological polar surface area (TPSA) is 95.6 Å². The SMILES string of the molecule is CCOc1ccc(NC(=O)Nc2ccc(N(C)C)c(C(=O)NCc3cccnc3)c2)cc1. The molecular weight excluding hydrogens is 406 g/mol. The normalized spacial score (nSPS) is 10.2. The fraction of sp³-hybridized carbons (Fsp3) is 0.208. The number of amides is 3. The molecule has 0 bridgehead atoms. The molecule has 3 amide bonds. The molecule has 0 aliphatic heterocycles. The van der Waals surface area contributed by atoms with Crippen LogP contribution in [-0.4, -0.2) is 37.6 Å². The zero-order valence-corrected chi connectivity index (χ0v) is 18.4. The highest BCUT2D eigenvalue weighted by Crippen LogP contribution is 2.23. The third kappa shape index (κ3) is 6.21. The molecule has 0 atom stereocenters. The van der Waals surface area contributed by atoms with Crippen molar-refractivity contribution in [1.29, 1.82) is 0 Å². The molecule has 3 aromatic rings. The summed E-state index contributed by atoms with van der Waals surface area (Å²) in [6.45, 7) is 2.85. The maximum Gasteiger partial charge on any atom is 0.323 e. The highest BCUT2D eigenvalue weighted by atomic mass is 16.5. The van der Waals surface area contributed by atoms with Crippen molar-refractivity contribution in [3.05, 3.63) is 78.1 Å². The zero-order chi connectivity index (χ0) is 22.9. The number of hydrogen-bond acceptors (Lipinski definition) is 5. The molecule has 0 fully saturated rings. The van der Waals surface area contributed by atoms with E-state index < -0.39 is 6.03 Å². The first-order chi connectivity index (χ1) is 15.5. The summed E-state index contributed by atoms with van der Waals surface area (Å²) in [4.78, 5) is 31.2. The monoisotopic (exact) mass is 433 g/mol. The van der Waals surface area contributed by atoms with Crippen molar-refractivity contribution in [2.45, 2.75) is 13.5 Å². The number of ether oxygens (including phenoxy) is 1. The number of benzene rings is 2. The molecule has 3 N–H and O–H groups in total. The first-order valence-electron chi connectivity index (χ1n) is 10.3. The van der Waals surface area contributed by atoms with Crippen LogP contribution < -0.4 is 25.6 Å². The summed E-state index contributed by atoms with van der Waals surface area (Å²) in [7, 11) is 3.72. The molecule has 0 aliphatic rings. The summed E-state index contributed by atoms with van der Waals surface area (Å²) in [5.41, 5.74) is 3.23. The molecule has 0 aliphatic carbocycles. The van der Waals surface area contributed by atoms with Crippen LogP contribution in [0, 0.1) is 0 Å². The summed E-state index contributed by atoms with van der Waals surface area (Å²) in [5, 5.41) is 8.45. The number of carbonyl (C=O) groups excluding carboxylic acids is 2. The summed E-state index contributed by atoms with van der Waals surface area (Å²) in [6, 6.07) is 15.6. The highest BCUT2D eigenvalue weighted by Gasteiger charge is 2.15. The van der Waals surface area contributed by atoms with Crippen molar-refractivity contribution >= 4 is 29.0 Å². The van der Waals surface area contributed by atoms with E-state index in [0.29, 0.717) is 30.1 Å². The van der Waals surface area contributed by atoms with Crippen molar-refractivity contribution in [2.75, 3.05) is 36.2 Å². The number of nitrogens with one attached hydrogen (secondary N) is 3. The minimum absolute atomic E-state index is 0.242. The van der Waals surface area contributed by atoms with Gasteiger partial charge < -0.3 is 25.6 Å². The lowest BCUT2D eigenvalue weighted by atomic mass is 10.1. The van der Waals surface area contributed by atoms with Crippen molar-refractivity contribution < 1.29 is 14.3 Å². The van der Waals surface area contributed by atoms with Gasteiger partial charge in [0.1, 0.15) is 5.75 Å². The number of pyridine rings is 1. The molecule has 8 heteroatoms. The van der Waals surface area contributed by atoms with Gasteiger partial charge in [0.05, 0.1) is 12.2 Å². The molecular formula is C24H27N5O3. The predicted octanol–water partition coefficient (Wildman–Crippen LogP) is 4.12. The molecule has 0 unspecified atom stereocenters. The van der Waals surface area contributed by atoms with E-state index in [1.165, 1.54) is 0 Å². The fourth-order valence-electron chi connectivity index (χ4n) is 3.06. The van der Waals surface area contributed by atoms with Gasteiger partial charge in [0.2, 0.25) is 0 Å². The van der Waals surface area contributed by atoms with Gasteiger partial charge in [-0.05, 0) is 61.0 Å². The van der Waals surface area contributed by atoms with Crippen LogP contribution in [0.3, 0.4) is 0 Å². The average Bonchev–Trinajstić information content (AvgIpc) is 2.79. The number of nitrogens with zero attached hydrogens (tertiary/aromatic N) is 2. The summed E-state index contributed by atoms with van der Waals surface area (Å²) in [5.74, 6) is 0.493. The van der Waals surface area contributed by atoms with Gasteiger partial charge in [0.25, 0.3) is 5.91 Å². The Morgan fingerprint density at radius 1 is 1.00 bits per heavy atom. The number of aromatic nitrogens is 1. The van der Waals surface area contributed by atoms with Crippen molar-refractivity contribution in [1.82, 2.24) is 10.3 Å². The molecule has 0 radical (unpaired) electrons. The standard InChI is InChI=1S/C24H27N5O3/c1-4-32-20-10-7-18(8-11-20)27-24(31)28-19-9-12-22(29(2)3)21(14-19)23(30)26-16-17-6-5-13-25-15-17/h5-15H,4,16H2,1-3H3,(H,26,30)(H2,27,28,31). The van der Waals surface area contributed by atoms with Crippen molar-refractivity contribution in [3.63, 3.8) is 0 Å². The third-order valence-electron chi connectivity index (χ3n) is 4.58. The van der Waals surface area contributed by atoms with E-state index in [9.17, 15) is 9.59 Å². The van der Waals surface area contributed by atoms with Gasteiger partial charge in [-0.2, -0.15) is 0 Å². The predicted molar refractivity (Wildman–Crippen MR) is 126 cm³/mol. The largest absolute Gasteiger partial charge is 0.494 e. The van der Waals surface area contributed by atoms with E-state index in [1.807, 2.05) is 38.1 Å². The van der Waals surface area contributed by atoms with E-state index >= 15 is 0 Å². The molecule has 166 valence electrons. The van der Waals surface area contributed by atoms with Crippen LogP contribution in [0.5, 0.6) is 5.75 Å². The van der Waals surface area contributed by atoms with E-state index in [1.54, 1.807) is 54.9 Å². The van der Waals surface area contributed by atoms with E-state index in [2.05, 4.69) is 20.9 Å². The maximum atomic E-state index is 12.9. The lowest BCUT2D eigenvalue weighted by Gasteiger charge is -2.18. The lowest BCUT2D eigenvalue weighted by molar-refractivity contribution is 0.0951. The Bertz CT molecular complexity index is 1050. The van der Waals surface area contributed by atoms with Gasteiger partial charge in [-0.1, -0.05) is 6.07 Å². The molecule has 0 saturated carbocycles. The fourth-order valence-corrected chi connectivity index (χ4v) is 3.06. The van der Waals surface area contributed by atoms with Gasteiger partial charge >= 0.3 is 6.03 Å². The first kappa shape index (κ1) is 22.6. The lowest BCUT2D eigenvalue weighted by Crippen LogP contribution is -2.26. The minimum atomic E-state index is -0.409. The van der Waals surface area contributed by atoms with Gasteiger partial charge in [0, 0.05) is 50.1 Å². The maximum absolute atomic E-state index is 12.9. The van der Waals surface area contributed by atoms with Gasteiger partial charge in [0.15, 0.2) is 0 Å². The average molecular weight is 434 g/mol. The molecule has 32 heavy (non-hydrogen) atoms. The number of hydrogen-bond donors (Lipinski definition) is 3. The Labute approximate surface area is 187 Å². The zero-order valence-electron chi connectivity index (χ0n) is 18.4. The Balaban J connectivity index is 1.68. The van der Waals surface area contributed by atoms with Crippen LogP contribution in [-0.2, 0) is 6.54 Å². The van der Waals surface area contributed by atoms with Crippen LogP contribution in [0.15, 0.2) is 67.0 Å². The Kier molecular flexibility index (Phi) is 7.64. The smallest absolute Gasteiger partial charge is 0.323 e. The van der Waals surface area contributed by atoms with Crippen LogP contribution in [0.2, 0.25) is 0 Å². The summed E-state index contributed by atoms with van der Waals surface area (Å²) in [6.07, 6.45) is 3.39. The molecule has 8 nitrogen and oxygen atoms in total. The number of carbonyl (C=O) groups is 2. The van der Waals surface area contributed by atoms with Crippen LogP contribution in [0.4, 0.5) is 21.9 Å². The van der Waals surface area contributed by atoms with E-state index in [0.717, 1.165) is 17.0 Å². The summed E-state index contributed by atoms with van der Waals surface area (Å²) >= 11 is 0. The molecule has 0 saturated heterocycles. The second-order valence-electron chi connectivity index (χ2n) is 7.21.